The second-order valence-corrected chi connectivity index (χ2v) is 3.83. The molecule has 1 aromatic heterocycles. The molecule has 1 fully saturated rings. The van der Waals surface area contributed by atoms with Crippen molar-refractivity contribution >= 4 is 11.8 Å². The van der Waals surface area contributed by atoms with Crippen LogP contribution in [0.25, 0.3) is 0 Å². The number of hydrogen-bond acceptors (Lipinski definition) is 4. The third-order valence-electron chi connectivity index (χ3n) is 2.82. The van der Waals surface area contributed by atoms with Gasteiger partial charge in [-0.2, -0.15) is 5.10 Å². The maximum atomic E-state index is 11.5. The standard InChI is InChI=1S/C10H15N3O2/c1-15-10(14)8-6-9(11)12-13(8)7-4-2-3-5-7/h6-7H,2-5H2,1H3,(H2,11,12). The van der Waals surface area contributed by atoms with E-state index in [9.17, 15) is 4.79 Å². The molecule has 0 radical (unpaired) electrons. The van der Waals surface area contributed by atoms with Gasteiger partial charge in [0, 0.05) is 6.07 Å². The average Bonchev–Trinajstić information content (AvgIpc) is 2.84. The van der Waals surface area contributed by atoms with Crippen molar-refractivity contribution < 1.29 is 9.53 Å². The minimum Gasteiger partial charge on any atom is -0.464 e. The number of hydrogen-bond donors (Lipinski definition) is 1. The molecule has 2 N–H and O–H groups in total. The minimum absolute atomic E-state index is 0.302. The fourth-order valence-corrected chi connectivity index (χ4v) is 2.10. The zero-order valence-electron chi connectivity index (χ0n) is 8.77. The lowest BCUT2D eigenvalue weighted by Crippen LogP contribution is -2.15. The number of nitrogen functional groups attached to an aromatic ring is 1. The van der Waals surface area contributed by atoms with Crippen LogP contribution in [0.1, 0.15) is 42.2 Å². The van der Waals surface area contributed by atoms with Crippen LogP contribution < -0.4 is 5.73 Å². The maximum Gasteiger partial charge on any atom is 0.356 e. The Kier molecular flexibility index (Phi) is 2.62. The summed E-state index contributed by atoms with van der Waals surface area (Å²) in [7, 11) is 1.37. The van der Waals surface area contributed by atoms with Gasteiger partial charge in [-0.15, -0.1) is 0 Å². The Bertz CT molecular complexity index is 367. The predicted molar refractivity (Wildman–Crippen MR) is 55.5 cm³/mol. The van der Waals surface area contributed by atoms with Crippen LogP contribution in [0.5, 0.6) is 0 Å². The zero-order chi connectivity index (χ0) is 10.8. The van der Waals surface area contributed by atoms with E-state index in [1.54, 1.807) is 10.7 Å². The lowest BCUT2D eigenvalue weighted by atomic mass is 10.2. The zero-order valence-corrected chi connectivity index (χ0v) is 8.77. The largest absolute Gasteiger partial charge is 0.464 e. The van der Waals surface area contributed by atoms with Crippen LogP contribution in [0.15, 0.2) is 6.07 Å². The van der Waals surface area contributed by atoms with Crippen molar-refractivity contribution in [3.8, 4) is 0 Å². The van der Waals surface area contributed by atoms with Gasteiger partial charge in [0.15, 0.2) is 0 Å². The van der Waals surface area contributed by atoms with Gasteiger partial charge in [0.05, 0.1) is 13.2 Å². The second kappa shape index (κ2) is 3.92. The van der Waals surface area contributed by atoms with Crippen LogP contribution in [0.2, 0.25) is 0 Å². The normalized spacial score (nSPS) is 16.9. The number of nitrogens with zero attached hydrogens (tertiary/aromatic N) is 2. The highest BCUT2D eigenvalue weighted by Gasteiger charge is 2.24. The number of aromatic nitrogens is 2. The lowest BCUT2D eigenvalue weighted by Gasteiger charge is -2.12. The topological polar surface area (TPSA) is 70.1 Å². The van der Waals surface area contributed by atoms with E-state index in [4.69, 9.17) is 10.5 Å². The summed E-state index contributed by atoms with van der Waals surface area (Å²) in [5.41, 5.74) is 6.06. The Labute approximate surface area is 88.2 Å². The van der Waals surface area contributed by atoms with Crippen molar-refractivity contribution in [3.05, 3.63) is 11.8 Å². The molecule has 5 nitrogen and oxygen atoms in total. The molecular weight excluding hydrogens is 194 g/mol. The molecule has 0 bridgehead atoms. The number of carbonyl (C=O) groups excluding carboxylic acids is 1. The molecule has 0 spiro atoms. The molecule has 1 aromatic rings. The molecule has 0 amide bonds. The molecule has 1 aliphatic carbocycles. The molecule has 5 heteroatoms. The Morgan fingerprint density at radius 2 is 2.27 bits per heavy atom. The minimum atomic E-state index is -0.369. The fourth-order valence-electron chi connectivity index (χ4n) is 2.10. The summed E-state index contributed by atoms with van der Waals surface area (Å²) < 4.78 is 6.41. The van der Waals surface area contributed by atoms with Crippen LogP contribution in [0, 0.1) is 0 Å². The number of methoxy groups -OCH3 is 1. The van der Waals surface area contributed by atoms with Crippen molar-refractivity contribution in [2.45, 2.75) is 31.7 Å². The molecule has 0 unspecified atom stereocenters. The third kappa shape index (κ3) is 1.82. The summed E-state index contributed by atoms with van der Waals surface area (Å²) >= 11 is 0. The van der Waals surface area contributed by atoms with E-state index >= 15 is 0 Å². The summed E-state index contributed by atoms with van der Waals surface area (Å²) in [4.78, 5) is 11.5. The molecule has 1 saturated carbocycles. The summed E-state index contributed by atoms with van der Waals surface area (Å²) in [5.74, 6) is 0.00778. The van der Waals surface area contributed by atoms with Crippen molar-refractivity contribution in [1.29, 1.82) is 0 Å². The van der Waals surface area contributed by atoms with Gasteiger partial charge in [0.2, 0.25) is 0 Å². The lowest BCUT2D eigenvalue weighted by molar-refractivity contribution is 0.0583. The number of esters is 1. The van der Waals surface area contributed by atoms with Gasteiger partial charge in [-0.1, -0.05) is 12.8 Å². The molecule has 0 aliphatic heterocycles. The summed E-state index contributed by atoms with van der Waals surface area (Å²) in [6.45, 7) is 0. The highest BCUT2D eigenvalue weighted by Crippen LogP contribution is 2.30. The van der Waals surface area contributed by atoms with E-state index in [-0.39, 0.29) is 5.97 Å². The number of nitrogens with two attached hydrogens (primary N) is 1. The summed E-state index contributed by atoms with van der Waals surface area (Å²) in [5, 5.41) is 4.16. The Morgan fingerprint density at radius 1 is 1.60 bits per heavy atom. The highest BCUT2D eigenvalue weighted by atomic mass is 16.5. The number of rotatable bonds is 2. The Morgan fingerprint density at radius 3 is 2.87 bits per heavy atom. The van der Waals surface area contributed by atoms with E-state index in [1.807, 2.05) is 0 Å². The van der Waals surface area contributed by atoms with Gasteiger partial charge in [-0.25, -0.2) is 4.79 Å². The fraction of sp³-hybridized carbons (Fsp3) is 0.600. The second-order valence-electron chi connectivity index (χ2n) is 3.83. The van der Waals surface area contributed by atoms with Gasteiger partial charge in [-0.05, 0) is 12.8 Å². The van der Waals surface area contributed by atoms with E-state index in [0.29, 0.717) is 17.6 Å². The van der Waals surface area contributed by atoms with Crippen LogP contribution in [0.3, 0.4) is 0 Å². The van der Waals surface area contributed by atoms with Crippen LogP contribution >= 0.6 is 0 Å². The number of carbonyl (C=O) groups is 1. The smallest absolute Gasteiger partial charge is 0.356 e. The monoisotopic (exact) mass is 209 g/mol. The molecule has 2 rings (SSSR count). The van der Waals surface area contributed by atoms with Crippen molar-refractivity contribution in [1.82, 2.24) is 9.78 Å². The molecular formula is C10H15N3O2. The molecule has 0 saturated heterocycles. The van der Waals surface area contributed by atoms with E-state index in [2.05, 4.69) is 5.10 Å². The third-order valence-corrected chi connectivity index (χ3v) is 2.82. The van der Waals surface area contributed by atoms with Crippen molar-refractivity contribution in [2.75, 3.05) is 12.8 Å². The first-order valence-corrected chi connectivity index (χ1v) is 5.15. The molecule has 0 atom stereocenters. The van der Waals surface area contributed by atoms with Crippen LogP contribution in [-0.2, 0) is 4.74 Å². The van der Waals surface area contributed by atoms with Crippen molar-refractivity contribution in [3.63, 3.8) is 0 Å². The van der Waals surface area contributed by atoms with E-state index < -0.39 is 0 Å². The summed E-state index contributed by atoms with van der Waals surface area (Å²) in [6, 6.07) is 1.88. The highest BCUT2D eigenvalue weighted by molar-refractivity contribution is 5.88. The number of ether oxygens (including phenoxy) is 1. The Balaban J connectivity index is 2.32. The maximum absolute atomic E-state index is 11.5. The quantitative estimate of drug-likeness (QED) is 0.747. The van der Waals surface area contributed by atoms with Crippen LogP contribution in [0.4, 0.5) is 5.82 Å². The van der Waals surface area contributed by atoms with Gasteiger partial charge < -0.3 is 10.5 Å². The Hall–Kier alpha value is -1.52. The van der Waals surface area contributed by atoms with Gasteiger partial charge in [0.1, 0.15) is 11.5 Å². The summed E-state index contributed by atoms with van der Waals surface area (Å²) in [6.07, 6.45) is 4.49. The van der Waals surface area contributed by atoms with E-state index in [1.165, 1.54) is 20.0 Å². The first-order chi connectivity index (χ1) is 7.22. The van der Waals surface area contributed by atoms with Gasteiger partial charge in [0.25, 0.3) is 0 Å². The van der Waals surface area contributed by atoms with Gasteiger partial charge >= 0.3 is 5.97 Å². The first-order valence-electron chi connectivity index (χ1n) is 5.15. The van der Waals surface area contributed by atoms with E-state index in [0.717, 1.165) is 12.8 Å². The van der Waals surface area contributed by atoms with Crippen LogP contribution in [-0.4, -0.2) is 22.9 Å². The first kappa shape index (κ1) is 10.0. The molecule has 0 aromatic carbocycles. The molecule has 82 valence electrons. The molecule has 15 heavy (non-hydrogen) atoms. The predicted octanol–water partition coefficient (Wildman–Crippen LogP) is 1.37. The number of anilines is 1. The molecule has 1 aliphatic rings. The van der Waals surface area contributed by atoms with Gasteiger partial charge in [-0.3, -0.25) is 4.68 Å². The van der Waals surface area contributed by atoms with Crippen molar-refractivity contribution in [2.24, 2.45) is 0 Å². The SMILES string of the molecule is COC(=O)c1cc(N)nn1C1CCCC1. The molecule has 1 heterocycles. The average molecular weight is 209 g/mol.